The van der Waals surface area contributed by atoms with E-state index in [2.05, 4.69) is 15.5 Å². The molecule has 0 spiro atoms. The molecular weight excluding hydrogens is 310 g/mol. The zero-order valence-corrected chi connectivity index (χ0v) is 14.1. The quantitative estimate of drug-likeness (QED) is 0.788. The fourth-order valence-corrected chi connectivity index (χ4v) is 3.47. The Morgan fingerprint density at radius 2 is 1.91 bits per heavy atom. The number of aryl methyl sites for hydroxylation is 1. The van der Waals surface area contributed by atoms with Crippen molar-refractivity contribution in [1.82, 2.24) is 25.1 Å². The van der Waals surface area contributed by atoms with Crippen molar-refractivity contribution in [3.63, 3.8) is 0 Å². The number of amides is 1. The average molecular weight is 331 g/mol. The molecule has 1 amide bonds. The number of likely N-dealkylation sites (tertiary alicyclic amines) is 1. The SMILES string of the molecule is Cc1ccc(-n2nnnc2SCCC(=O)N2CCCCC2)cc1. The lowest BCUT2D eigenvalue weighted by Gasteiger charge is -2.26. The fraction of sp³-hybridized carbons (Fsp3) is 0.500. The highest BCUT2D eigenvalue weighted by Crippen LogP contribution is 2.20. The third kappa shape index (κ3) is 4.10. The number of piperidine rings is 1. The number of carbonyl (C=O) groups excluding carboxylic acids is 1. The number of benzene rings is 1. The van der Waals surface area contributed by atoms with Gasteiger partial charge in [-0.25, -0.2) is 0 Å². The molecule has 2 heterocycles. The Morgan fingerprint density at radius 1 is 1.17 bits per heavy atom. The van der Waals surface area contributed by atoms with E-state index in [9.17, 15) is 4.79 Å². The molecule has 7 heteroatoms. The Kier molecular flexibility index (Phi) is 5.27. The smallest absolute Gasteiger partial charge is 0.223 e. The molecule has 0 radical (unpaired) electrons. The van der Waals surface area contributed by atoms with Gasteiger partial charge in [0.15, 0.2) is 0 Å². The van der Waals surface area contributed by atoms with Gasteiger partial charge in [0.25, 0.3) is 0 Å². The minimum Gasteiger partial charge on any atom is -0.343 e. The van der Waals surface area contributed by atoms with E-state index in [0.29, 0.717) is 12.2 Å². The highest BCUT2D eigenvalue weighted by Gasteiger charge is 2.17. The van der Waals surface area contributed by atoms with Crippen molar-refractivity contribution in [1.29, 1.82) is 0 Å². The van der Waals surface area contributed by atoms with Crippen LogP contribution in [0.5, 0.6) is 0 Å². The molecule has 0 bridgehead atoms. The largest absolute Gasteiger partial charge is 0.343 e. The van der Waals surface area contributed by atoms with E-state index >= 15 is 0 Å². The van der Waals surface area contributed by atoms with Crippen LogP contribution in [-0.4, -0.2) is 49.9 Å². The van der Waals surface area contributed by atoms with Crippen LogP contribution in [0.4, 0.5) is 0 Å². The molecule has 6 nitrogen and oxygen atoms in total. The molecule has 2 aromatic rings. The van der Waals surface area contributed by atoms with Gasteiger partial charge in [0.05, 0.1) is 5.69 Å². The van der Waals surface area contributed by atoms with Crippen LogP contribution in [0, 0.1) is 6.92 Å². The molecule has 3 rings (SSSR count). The molecule has 0 aliphatic carbocycles. The first-order chi connectivity index (χ1) is 11.2. The zero-order valence-electron chi connectivity index (χ0n) is 13.3. The van der Waals surface area contributed by atoms with Crippen LogP contribution in [0.1, 0.15) is 31.2 Å². The topological polar surface area (TPSA) is 63.9 Å². The number of carbonyl (C=O) groups is 1. The molecule has 1 saturated heterocycles. The number of rotatable bonds is 5. The molecule has 23 heavy (non-hydrogen) atoms. The minimum atomic E-state index is 0.242. The Labute approximate surface area is 140 Å². The van der Waals surface area contributed by atoms with Gasteiger partial charge in [-0.15, -0.1) is 5.10 Å². The van der Waals surface area contributed by atoms with Crippen LogP contribution in [0.3, 0.4) is 0 Å². The summed E-state index contributed by atoms with van der Waals surface area (Å²) in [7, 11) is 0. The van der Waals surface area contributed by atoms with Crippen LogP contribution in [-0.2, 0) is 4.79 Å². The van der Waals surface area contributed by atoms with Gasteiger partial charge in [-0.1, -0.05) is 29.5 Å². The van der Waals surface area contributed by atoms with E-state index < -0.39 is 0 Å². The predicted octanol–water partition coefficient (Wildman–Crippen LogP) is 2.47. The van der Waals surface area contributed by atoms with E-state index in [1.165, 1.54) is 23.7 Å². The van der Waals surface area contributed by atoms with E-state index in [-0.39, 0.29) is 5.91 Å². The van der Waals surface area contributed by atoms with Gasteiger partial charge in [-0.3, -0.25) is 4.79 Å². The monoisotopic (exact) mass is 331 g/mol. The molecule has 0 atom stereocenters. The minimum absolute atomic E-state index is 0.242. The second-order valence-electron chi connectivity index (χ2n) is 5.75. The molecule has 122 valence electrons. The highest BCUT2D eigenvalue weighted by molar-refractivity contribution is 7.99. The number of aromatic nitrogens is 4. The Hall–Kier alpha value is -1.89. The number of thioether (sulfide) groups is 1. The van der Waals surface area contributed by atoms with Crippen molar-refractivity contribution in [2.75, 3.05) is 18.8 Å². The van der Waals surface area contributed by atoms with Crippen molar-refractivity contribution in [3.05, 3.63) is 29.8 Å². The summed E-state index contributed by atoms with van der Waals surface area (Å²) < 4.78 is 1.72. The van der Waals surface area contributed by atoms with Crippen LogP contribution in [0.25, 0.3) is 5.69 Å². The van der Waals surface area contributed by atoms with Crippen LogP contribution >= 0.6 is 11.8 Å². The summed E-state index contributed by atoms with van der Waals surface area (Å²) in [5, 5.41) is 12.6. The third-order valence-corrected chi connectivity index (χ3v) is 4.90. The lowest BCUT2D eigenvalue weighted by molar-refractivity contribution is -0.131. The number of hydrogen-bond donors (Lipinski definition) is 0. The first-order valence-corrected chi connectivity index (χ1v) is 8.98. The third-order valence-electron chi connectivity index (χ3n) is 3.98. The normalized spacial score (nSPS) is 14.9. The molecule has 0 N–H and O–H groups in total. The second-order valence-corrected chi connectivity index (χ2v) is 6.81. The van der Waals surface area contributed by atoms with Gasteiger partial charge in [0, 0.05) is 25.3 Å². The van der Waals surface area contributed by atoms with Gasteiger partial charge in [0.1, 0.15) is 0 Å². The molecule has 1 aromatic carbocycles. The molecule has 0 saturated carbocycles. The number of nitrogens with zero attached hydrogens (tertiary/aromatic N) is 5. The zero-order chi connectivity index (χ0) is 16.1. The first-order valence-electron chi connectivity index (χ1n) is 8.00. The van der Waals surface area contributed by atoms with Crippen LogP contribution in [0.2, 0.25) is 0 Å². The first kappa shape index (κ1) is 16.0. The van der Waals surface area contributed by atoms with Crippen molar-refractivity contribution >= 4 is 17.7 Å². The fourth-order valence-electron chi connectivity index (χ4n) is 2.65. The lowest BCUT2D eigenvalue weighted by atomic mass is 10.1. The second kappa shape index (κ2) is 7.59. The summed E-state index contributed by atoms with van der Waals surface area (Å²) >= 11 is 1.52. The Morgan fingerprint density at radius 3 is 2.65 bits per heavy atom. The van der Waals surface area contributed by atoms with Crippen molar-refractivity contribution in [2.24, 2.45) is 0 Å². The van der Waals surface area contributed by atoms with Gasteiger partial charge in [-0.2, -0.15) is 4.68 Å². The molecule has 1 aliphatic heterocycles. The molecular formula is C16H21N5OS. The van der Waals surface area contributed by atoms with Crippen LogP contribution < -0.4 is 0 Å². The number of tetrazole rings is 1. The standard InChI is InChI=1S/C16H21N5OS/c1-13-5-7-14(8-6-13)21-16(17-18-19-21)23-12-9-15(22)20-10-3-2-4-11-20/h5-8H,2-4,9-12H2,1H3. The average Bonchev–Trinajstić information content (AvgIpc) is 3.05. The maximum absolute atomic E-state index is 12.2. The molecule has 1 aliphatic rings. The molecule has 1 aromatic heterocycles. The maximum Gasteiger partial charge on any atom is 0.223 e. The number of hydrogen-bond acceptors (Lipinski definition) is 5. The van der Waals surface area contributed by atoms with Crippen molar-refractivity contribution < 1.29 is 4.79 Å². The molecule has 1 fully saturated rings. The van der Waals surface area contributed by atoms with Crippen molar-refractivity contribution in [3.8, 4) is 5.69 Å². The highest BCUT2D eigenvalue weighted by atomic mass is 32.2. The van der Waals surface area contributed by atoms with Gasteiger partial charge >= 0.3 is 0 Å². The van der Waals surface area contributed by atoms with E-state index in [0.717, 1.165) is 36.8 Å². The van der Waals surface area contributed by atoms with Gasteiger partial charge in [-0.05, 0) is 48.7 Å². The van der Waals surface area contributed by atoms with Crippen LogP contribution in [0.15, 0.2) is 29.4 Å². The maximum atomic E-state index is 12.2. The molecule has 0 unspecified atom stereocenters. The summed E-state index contributed by atoms with van der Waals surface area (Å²) in [6.07, 6.45) is 4.03. The van der Waals surface area contributed by atoms with Gasteiger partial charge in [0.2, 0.25) is 11.1 Å². The van der Waals surface area contributed by atoms with Crippen molar-refractivity contribution in [2.45, 2.75) is 37.8 Å². The Bertz CT molecular complexity index is 649. The van der Waals surface area contributed by atoms with E-state index in [1.807, 2.05) is 36.1 Å². The summed E-state index contributed by atoms with van der Waals surface area (Å²) in [5.41, 5.74) is 2.13. The summed E-state index contributed by atoms with van der Waals surface area (Å²) in [6.45, 7) is 3.86. The predicted molar refractivity (Wildman–Crippen MR) is 89.7 cm³/mol. The lowest BCUT2D eigenvalue weighted by Crippen LogP contribution is -2.35. The summed E-state index contributed by atoms with van der Waals surface area (Å²) in [4.78, 5) is 14.2. The van der Waals surface area contributed by atoms with E-state index in [1.54, 1.807) is 4.68 Å². The Balaban J connectivity index is 1.56. The van der Waals surface area contributed by atoms with E-state index in [4.69, 9.17) is 0 Å². The summed E-state index contributed by atoms with van der Waals surface area (Å²) in [6, 6.07) is 8.06. The summed E-state index contributed by atoms with van der Waals surface area (Å²) in [5.74, 6) is 0.938. The van der Waals surface area contributed by atoms with Gasteiger partial charge < -0.3 is 4.90 Å².